The van der Waals surface area contributed by atoms with E-state index in [0.717, 1.165) is 43.8 Å². The van der Waals surface area contributed by atoms with Gasteiger partial charge >= 0.3 is 0 Å². The van der Waals surface area contributed by atoms with E-state index in [1.165, 1.54) is 6.07 Å². The summed E-state index contributed by atoms with van der Waals surface area (Å²) in [6.07, 6.45) is 0. The molecule has 1 saturated heterocycles. The molecule has 1 aromatic carbocycles. The van der Waals surface area contributed by atoms with Crippen molar-refractivity contribution in [3.05, 3.63) is 35.8 Å². The quantitative estimate of drug-likeness (QED) is 0.827. The number of H-pyrrole nitrogens is 1. The van der Waals surface area contributed by atoms with Crippen molar-refractivity contribution in [3.63, 3.8) is 0 Å². The molecule has 0 radical (unpaired) electrons. The number of benzene rings is 1. The summed E-state index contributed by atoms with van der Waals surface area (Å²) in [6, 6.07) is 7.23. The van der Waals surface area contributed by atoms with Crippen molar-refractivity contribution in [2.75, 3.05) is 26.2 Å². The van der Waals surface area contributed by atoms with Crippen LogP contribution >= 0.6 is 0 Å². The largest absolute Gasteiger partial charge is 0.355 e. The number of hydrogen-bond acceptors (Lipinski definition) is 2. The van der Waals surface area contributed by atoms with Gasteiger partial charge in [-0.3, -0.25) is 4.90 Å². The Morgan fingerprint density at radius 2 is 2.06 bits per heavy atom. The fraction of sp³-hybridized carbons (Fsp3) is 0.385. The van der Waals surface area contributed by atoms with Crippen LogP contribution in [0.1, 0.15) is 5.69 Å². The molecule has 3 rings (SSSR count). The highest BCUT2D eigenvalue weighted by Gasteiger charge is 2.12. The average molecular weight is 233 g/mol. The van der Waals surface area contributed by atoms with Gasteiger partial charge in [0.15, 0.2) is 0 Å². The highest BCUT2D eigenvalue weighted by Crippen LogP contribution is 2.19. The lowest BCUT2D eigenvalue weighted by atomic mass is 10.2. The molecule has 0 unspecified atom stereocenters. The third-order valence-electron chi connectivity index (χ3n) is 3.26. The Kier molecular flexibility index (Phi) is 2.82. The maximum Gasteiger partial charge on any atom is 0.147 e. The second kappa shape index (κ2) is 4.47. The minimum atomic E-state index is -0.172. The van der Waals surface area contributed by atoms with E-state index in [2.05, 4.69) is 15.2 Å². The van der Waals surface area contributed by atoms with Crippen LogP contribution in [0.25, 0.3) is 10.9 Å². The van der Waals surface area contributed by atoms with Crippen molar-refractivity contribution in [3.8, 4) is 0 Å². The summed E-state index contributed by atoms with van der Waals surface area (Å²) in [6.45, 7) is 5.05. The first kappa shape index (κ1) is 10.7. The van der Waals surface area contributed by atoms with Gasteiger partial charge in [0, 0.05) is 43.8 Å². The number of rotatable bonds is 2. The van der Waals surface area contributed by atoms with Gasteiger partial charge in [-0.05, 0) is 12.1 Å². The van der Waals surface area contributed by atoms with Crippen molar-refractivity contribution < 1.29 is 4.39 Å². The van der Waals surface area contributed by atoms with Crippen LogP contribution < -0.4 is 5.32 Å². The van der Waals surface area contributed by atoms with Crippen molar-refractivity contribution in [2.45, 2.75) is 6.54 Å². The number of aromatic nitrogens is 1. The molecule has 90 valence electrons. The number of nitrogens with one attached hydrogen (secondary N) is 2. The molecule has 0 spiro atoms. The highest BCUT2D eigenvalue weighted by molar-refractivity contribution is 5.80. The van der Waals surface area contributed by atoms with Crippen molar-refractivity contribution in [1.82, 2.24) is 15.2 Å². The van der Waals surface area contributed by atoms with Gasteiger partial charge in [-0.2, -0.15) is 0 Å². The Bertz CT molecular complexity index is 514. The molecule has 17 heavy (non-hydrogen) atoms. The summed E-state index contributed by atoms with van der Waals surface area (Å²) in [5, 5.41) is 4.28. The van der Waals surface area contributed by atoms with E-state index in [4.69, 9.17) is 0 Å². The number of aromatic amines is 1. The summed E-state index contributed by atoms with van der Waals surface area (Å²) in [5.41, 5.74) is 1.71. The Hall–Kier alpha value is -1.39. The second-order valence-electron chi connectivity index (χ2n) is 4.52. The van der Waals surface area contributed by atoms with Gasteiger partial charge in [0.25, 0.3) is 0 Å². The zero-order chi connectivity index (χ0) is 11.7. The number of para-hydroxylation sites is 1. The van der Waals surface area contributed by atoms with Crippen LogP contribution in [0.15, 0.2) is 24.3 Å². The summed E-state index contributed by atoms with van der Waals surface area (Å²) in [4.78, 5) is 5.55. The molecule has 2 aromatic rings. The van der Waals surface area contributed by atoms with Crippen LogP contribution in [0.3, 0.4) is 0 Å². The predicted octanol–water partition coefficient (Wildman–Crippen LogP) is 1.71. The van der Waals surface area contributed by atoms with E-state index in [0.29, 0.717) is 5.52 Å². The van der Waals surface area contributed by atoms with Crippen LogP contribution in [0.4, 0.5) is 4.39 Å². The SMILES string of the molecule is Fc1cccc2cc(CN3CCNCC3)[nH]c12. The highest BCUT2D eigenvalue weighted by atomic mass is 19.1. The zero-order valence-electron chi connectivity index (χ0n) is 9.67. The van der Waals surface area contributed by atoms with Crippen molar-refractivity contribution >= 4 is 10.9 Å². The standard InChI is InChI=1S/C13H16FN3/c14-12-3-1-2-10-8-11(16-13(10)12)9-17-6-4-15-5-7-17/h1-3,8,15-16H,4-7,9H2. The minimum absolute atomic E-state index is 0.172. The molecule has 1 fully saturated rings. The summed E-state index contributed by atoms with van der Waals surface area (Å²) in [5.74, 6) is -0.172. The second-order valence-corrected chi connectivity index (χ2v) is 4.52. The fourth-order valence-corrected chi connectivity index (χ4v) is 2.37. The Balaban J connectivity index is 1.83. The summed E-state index contributed by atoms with van der Waals surface area (Å²) >= 11 is 0. The maximum absolute atomic E-state index is 13.5. The topological polar surface area (TPSA) is 31.1 Å². The lowest BCUT2D eigenvalue weighted by Crippen LogP contribution is -2.42. The van der Waals surface area contributed by atoms with Crippen LogP contribution in [0.2, 0.25) is 0 Å². The molecule has 1 aliphatic heterocycles. The molecule has 1 aliphatic rings. The van der Waals surface area contributed by atoms with Gasteiger partial charge in [-0.1, -0.05) is 12.1 Å². The molecule has 4 heteroatoms. The first-order valence-corrected chi connectivity index (χ1v) is 6.02. The minimum Gasteiger partial charge on any atom is -0.355 e. The number of halogens is 1. The number of nitrogens with zero attached hydrogens (tertiary/aromatic N) is 1. The number of hydrogen-bond donors (Lipinski definition) is 2. The average Bonchev–Trinajstić information content (AvgIpc) is 2.74. The van der Waals surface area contributed by atoms with Gasteiger partial charge in [0.2, 0.25) is 0 Å². The molecule has 0 atom stereocenters. The summed E-state index contributed by atoms with van der Waals surface area (Å²) < 4.78 is 13.5. The van der Waals surface area contributed by atoms with Crippen LogP contribution in [0.5, 0.6) is 0 Å². The van der Waals surface area contributed by atoms with Crippen LogP contribution in [-0.2, 0) is 6.54 Å². The van der Waals surface area contributed by atoms with Gasteiger partial charge in [0.1, 0.15) is 5.82 Å². The van der Waals surface area contributed by atoms with E-state index in [1.54, 1.807) is 6.07 Å². The number of piperazine rings is 1. The molecular formula is C13H16FN3. The van der Waals surface area contributed by atoms with Gasteiger partial charge in [-0.25, -0.2) is 4.39 Å². The Labute approximate surface area is 99.6 Å². The first-order valence-electron chi connectivity index (χ1n) is 6.02. The van der Waals surface area contributed by atoms with E-state index in [9.17, 15) is 4.39 Å². The van der Waals surface area contributed by atoms with Crippen LogP contribution in [-0.4, -0.2) is 36.1 Å². The normalized spacial score (nSPS) is 17.7. The molecule has 3 nitrogen and oxygen atoms in total. The number of fused-ring (bicyclic) bond motifs is 1. The molecular weight excluding hydrogens is 217 g/mol. The fourth-order valence-electron chi connectivity index (χ4n) is 2.37. The monoisotopic (exact) mass is 233 g/mol. The van der Waals surface area contributed by atoms with E-state index >= 15 is 0 Å². The zero-order valence-corrected chi connectivity index (χ0v) is 9.67. The summed E-state index contributed by atoms with van der Waals surface area (Å²) in [7, 11) is 0. The molecule has 0 aliphatic carbocycles. The molecule has 2 heterocycles. The molecule has 0 amide bonds. The maximum atomic E-state index is 13.5. The first-order chi connectivity index (χ1) is 8.33. The van der Waals surface area contributed by atoms with Gasteiger partial charge in [-0.15, -0.1) is 0 Å². The third kappa shape index (κ3) is 2.18. The van der Waals surface area contributed by atoms with E-state index in [1.807, 2.05) is 12.1 Å². The van der Waals surface area contributed by atoms with Gasteiger partial charge in [0.05, 0.1) is 5.52 Å². The van der Waals surface area contributed by atoms with Crippen molar-refractivity contribution in [1.29, 1.82) is 0 Å². The van der Waals surface area contributed by atoms with E-state index < -0.39 is 0 Å². The van der Waals surface area contributed by atoms with Crippen LogP contribution in [0, 0.1) is 5.82 Å². The Morgan fingerprint density at radius 1 is 1.24 bits per heavy atom. The van der Waals surface area contributed by atoms with Crippen molar-refractivity contribution in [2.24, 2.45) is 0 Å². The third-order valence-corrected chi connectivity index (χ3v) is 3.26. The predicted molar refractivity (Wildman–Crippen MR) is 66.4 cm³/mol. The lowest BCUT2D eigenvalue weighted by Gasteiger charge is -2.26. The molecule has 0 saturated carbocycles. The lowest BCUT2D eigenvalue weighted by molar-refractivity contribution is 0.231. The molecule has 0 bridgehead atoms. The molecule has 1 aromatic heterocycles. The van der Waals surface area contributed by atoms with Gasteiger partial charge < -0.3 is 10.3 Å². The van der Waals surface area contributed by atoms with E-state index in [-0.39, 0.29) is 5.82 Å². The molecule has 2 N–H and O–H groups in total. The Morgan fingerprint density at radius 3 is 2.82 bits per heavy atom. The smallest absolute Gasteiger partial charge is 0.147 e.